The van der Waals surface area contributed by atoms with Crippen molar-refractivity contribution in [3.63, 3.8) is 0 Å². The summed E-state index contributed by atoms with van der Waals surface area (Å²) in [5, 5.41) is 6.74. The number of nitrogens with zero attached hydrogens (tertiary/aromatic N) is 1. The van der Waals surface area contributed by atoms with Crippen LogP contribution in [0.2, 0.25) is 0 Å². The van der Waals surface area contributed by atoms with Crippen LogP contribution in [0.3, 0.4) is 0 Å². The van der Waals surface area contributed by atoms with E-state index >= 15 is 0 Å². The monoisotopic (exact) mass is 310 g/mol. The molecule has 1 aromatic carbocycles. The predicted molar refractivity (Wildman–Crippen MR) is 76.1 cm³/mol. The molecule has 2 nitrogen and oxygen atoms in total. The zero-order chi connectivity index (χ0) is 12.1. The first-order chi connectivity index (χ1) is 8.29. The van der Waals surface area contributed by atoms with E-state index in [4.69, 9.17) is 0 Å². The molecule has 1 unspecified atom stereocenters. The average Bonchev–Trinajstić information content (AvgIpc) is 2.84. The first kappa shape index (κ1) is 12.7. The summed E-state index contributed by atoms with van der Waals surface area (Å²) in [5.74, 6) is 0. The fourth-order valence-electron chi connectivity index (χ4n) is 1.70. The van der Waals surface area contributed by atoms with Gasteiger partial charge in [0.25, 0.3) is 0 Å². The van der Waals surface area contributed by atoms with Gasteiger partial charge in [-0.1, -0.05) is 35.0 Å². The zero-order valence-corrected chi connectivity index (χ0v) is 12.1. The van der Waals surface area contributed by atoms with Crippen LogP contribution < -0.4 is 5.32 Å². The smallest absolute Gasteiger partial charge is 0.109 e. The van der Waals surface area contributed by atoms with E-state index in [2.05, 4.69) is 51.4 Å². The molecule has 2 aromatic rings. The lowest BCUT2D eigenvalue weighted by Gasteiger charge is -2.14. The maximum Gasteiger partial charge on any atom is 0.109 e. The van der Waals surface area contributed by atoms with Crippen LogP contribution in [0.15, 0.2) is 40.3 Å². The van der Waals surface area contributed by atoms with Crippen molar-refractivity contribution in [2.24, 2.45) is 0 Å². The summed E-state index contributed by atoms with van der Waals surface area (Å²) < 4.78 is 1.12. The molecule has 1 N–H and O–H groups in total. The highest BCUT2D eigenvalue weighted by Gasteiger charge is 2.10. The van der Waals surface area contributed by atoms with Crippen LogP contribution in [0.5, 0.6) is 0 Å². The molecule has 0 aliphatic rings. The summed E-state index contributed by atoms with van der Waals surface area (Å²) in [5.41, 5.74) is 1.29. The number of thiazole rings is 1. The molecule has 0 amide bonds. The van der Waals surface area contributed by atoms with Gasteiger partial charge in [0.2, 0.25) is 0 Å². The Kier molecular flexibility index (Phi) is 4.71. The molecular weight excluding hydrogens is 296 g/mol. The standard InChI is InChI=1S/C13H15BrN2S/c1-2-12(13-15-6-7-17-13)16-9-10-4-3-5-11(14)8-10/h3-8,12,16H,2,9H2,1H3. The number of hydrogen-bond acceptors (Lipinski definition) is 3. The largest absolute Gasteiger partial charge is 0.304 e. The number of hydrogen-bond donors (Lipinski definition) is 1. The van der Waals surface area contributed by atoms with Gasteiger partial charge in [-0.15, -0.1) is 11.3 Å². The van der Waals surface area contributed by atoms with E-state index in [0.29, 0.717) is 6.04 Å². The Balaban J connectivity index is 1.97. The van der Waals surface area contributed by atoms with E-state index in [-0.39, 0.29) is 0 Å². The maximum absolute atomic E-state index is 4.36. The van der Waals surface area contributed by atoms with Crippen molar-refractivity contribution >= 4 is 27.3 Å². The Hall–Kier alpha value is -0.710. The quantitative estimate of drug-likeness (QED) is 0.897. The van der Waals surface area contributed by atoms with Crippen LogP contribution in [-0.4, -0.2) is 4.98 Å². The van der Waals surface area contributed by atoms with Crippen molar-refractivity contribution < 1.29 is 0 Å². The van der Waals surface area contributed by atoms with E-state index in [1.165, 1.54) is 10.6 Å². The fraction of sp³-hybridized carbons (Fsp3) is 0.308. The van der Waals surface area contributed by atoms with Gasteiger partial charge in [0.1, 0.15) is 5.01 Å². The minimum atomic E-state index is 0.356. The molecular formula is C13H15BrN2S. The summed E-state index contributed by atoms with van der Waals surface area (Å²) in [6, 6.07) is 8.73. The normalized spacial score (nSPS) is 12.6. The Morgan fingerprint density at radius 2 is 2.35 bits per heavy atom. The van der Waals surface area contributed by atoms with Crippen LogP contribution in [-0.2, 0) is 6.54 Å². The van der Waals surface area contributed by atoms with Gasteiger partial charge in [-0.05, 0) is 24.1 Å². The van der Waals surface area contributed by atoms with Crippen molar-refractivity contribution in [2.45, 2.75) is 25.9 Å². The molecule has 1 atom stereocenters. The van der Waals surface area contributed by atoms with Gasteiger partial charge < -0.3 is 5.32 Å². The third kappa shape index (κ3) is 3.63. The summed E-state index contributed by atoms with van der Waals surface area (Å²) in [7, 11) is 0. The highest BCUT2D eigenvalue weighted by atomic mass is 79.9. The molecule has 0 saturated heterocycles. The molecule has 0 aliphatic carbocycles. The number of aromatic nitrogens is 1. The molecule has 90 valence electrons. The highest BCUT2D eigenvalue weighted by Crippen LogP contribution is 2.19. The third-order valence-corrected chi connectivity index (χ3v) is 3.98. The summed E-state index contributed by atoms with van der Waals surface area (Å²) in [6.07, 6.45) is 2.92. The minimum Gasteiger partial charge on any atom is -0.304 e. The first-order valence-corrected chi connectivity index (χ1v) is 7.34. The first-order valence-electron chi connectivity index (χ1n) is 5.67. The van der Waals surface area contributed by atoms with E-state index in [9.17, 15) is 0 Å². The summed E-state index contributed by atoms with van der Waals surface area (Å²) >= 11 is 5.20. The second-order valence-electron chi connectivity index (χ2n) is 3.84. The number of benzene rings is 1. The second kappa shape index (κ2) is 6.28. The molecule has 0 aliphatic heterocycles. The molecule has 0 fully saturated rings. The third-order valence-electron chi connectivity index (χ3n) is 2.60. The topological polar surface area (TPSA) is 24.9 Å². The highest BCUT2D eigenvalue weighted by molar-refractivity contribution is 9.10. The minimum absolute atomic E-state index is 0.356. The van der Waals surface area contributed by atoms with Gasteiger partial charge in [-0.2, -0.15) is 0 Å². The van der Waals surface area contributed by atoms with E-state index in [1.54, 1.807) is 11.3 Å². The van der Waals surface area contributed by atoms with Crippen LogP contribution in [0.1, 0.15) is 30.0 Å². The molecule has 0 saturated carbocycles. The van der Waals surface area contributed by atoms with Crippen LogP contribution >= 0.6 is 27.3 Å². The van der Waals surface area contributed by atoms with E-state index in [1.807, 2.05) is 17.6 Å². The summed E-state index contributed by atoms with van der Waals surface area (Å²) in [4.78, 5) is 4.36. The molecule has 4 heteroatoms. The lowest BCUT2D eigenvalue weighted by Crippen LogP contribution is -2.20. The molecule has 0 radical (unpaired) electrons. The zero-order valence-electron chi connectivity index (χ0n) is 9.69. The summed E-state index contributed by atoms with van der Waals surface area (Å²) in [6.45, 7) is 3.05. The molecule has 1 heterocycles. The van der Waals surface area contributed by atoms with Gasteiger partial charge in [-0.25, -0.2) is 4.98 Å². The van der Waals surface area contributed by atoms with Gasteiger partial charge in [-0.3, -0.25) is 0 Å². The Bertz CT molecular complexity index is 456. The fourth-order valence-corrected chi connectivity index (χ4v) is 2.94. The molecule has 2 rings (SSSR count). The van der Waals surface area contributed by atoms with Gasteiger partial charge >= 0.3 is 0 Å². The van der Waals surface area contributed by atoms with Crippen molar-refractivity contribution in [3.05, 3.63) is 50.9 Å². The number of rotatable bonds is 5. The molecule has 17 heavy (non-hydrogen) atoms. The van der Waals surface area contributed by atoms with Gasteiger partial charge in [0.05, 0.1) is 6.04 Å². The number of nitrogens with one attached hydrogen (secondary N) is 1. The Labute approximate surface area is 114 Å². The van der Waals surface area contributed by atoms with E-state index < -0.39 is 0 Å². The molecule has 0 spiro atoms. The molecule has 1 aromatic heterocycles. The van der Waals surface area contributed by atoms with Crippen LogP contribution in [0.25, 0.3) is 0 Å². The maximum atomic E-state index is 4.36. The van der Waals surface area contributed by atoms with Crippen molar-refractivity contribution in [1.82, 2.24) is 10.3 Å². The SMILES string of the molecule is CCC(NCc1cccc(Br)c1)c1nccs1. The Morgan fingerprint density at radius 3 is 3.00 bits per heavy atom. The average molecular weight is 311 g/mol. The van der Waals surface area contributed by atoms with Crippen LogP contribution in [0.4, 0.5) is 0 Å². The lowest BCUT2D eigenvalue weighted by molar-refractivity contribution is 0.516. The predicted octanol–water partition coefficient (Wildman–Crippen LogP) is 4.15. The van der Waals surface area contributed by atoms with Crippen molar-refractivity contribution in [3.8, 4) is 0 Å². The number of halogens is 1. The lowest BCUT2D eigenvalue weighted by atomic mass is 10.2. The van der Waals surface area contributed by atoms with Crippen LogP contribution in [0, 0.1) is 0 Å². The molecule has 0 bridgehead atoms. The van der Waals surface area contributed by atoms with Crippen molar-refractivity contribution in [2.75, 3.05) is 0 Å². The van der Waals surface area contributed by atoms with Crippen molar-refractivity contribution in [1.29, 1.82) is 0 Å². The van der Waals surface area contributed by atoms with Gasteiger partial charge in [0, 0.05) is 22.6 Å². The Morgan fingerprint density at radius 1 is 1.47 bits per heavy atom. The van der Waals surface area contributed by atoms with Gasteiger partial charge in [0.15, 0.2) is 0 Å². The second-order valence-corrected chi connectivity index (χ2v) is 5.68. The van der Waals surface area contributed by atoms with E-state index in [0.717, 1.165) is 17.4 Å².